The van der Waals surface area contributed by atoms with Crippen LogP contribution in [0.2, 0.25) is 0 Å². The fourth-order valence-corrected chi connectivity index (χ4v) is 0.661. The van der Waals surface area contributed by atoms with Crippen molar-refractivity contribution in [2.24, 2.45) is 0 Å². The quantitative estimate of drug-likeness (QED) is 0.502. The Bertz CT molecular complexity index is 57.2. The first-order valence-electron chi connectivity index (χ1n) is 2.90. The molecule has 0 aromatic carbocycles. The molecule has 0 aromatic heterocycles. The van der Waals surface area contributed by atoms with Crippen molar-refractivity contribution in [1.82, 2.24) is 4.90 Å². The topological polar surface area (TPSA) is 3.24 Å². The van der Waals surface area contributed by atoms with Crippen LogP contribution in [-0.4, -0.2) is 18.5 Å². The van der Waals surface area contributed by atoms with Gasteiger partial charge >= 0.3 is 0 Å². The van der Waals surface area contributed by atoms with Gasteiger partial charge in [-0.1, -0.05) is 6.92 Å². The molecule has 0 spiro atoms. The molecule has 0 amide bonds. The highest BCUT2D eigenvalue weighted by atomic mass is 15.1. The van der Waals surface area contributed by atoms with Gasteiger partial charge in [-0.15, -0.1) is 0 Å². The molecular formula is C6H12N. The summed E-state index contributed by atoms with van der Waals surface area (Å²) >= 11 is 0. The van der Waals surface area contributed by atoms with Gasteiger partial charge < -0.3 is 0 Å². The fourth-order valence-electron chi connectivity index (χ4n) is 0.661. The first-order valence-corrected chi connectivity index (χ1v) is 2.90. The van der Waals surface area contributed by atoms with Crippen molar-refractivity contribution in [2.75, 3.05) is 13.6 Å². The summed E-state index contributed by atoms with van der Waals surface area (Å²) in [5, 5.41) is 0. The maximum atomic E-state index is 2.32. The van der Waals surface area contributed by atoms with Crippen molar-refractivity contribution in [3.8, 4) is 0 Å². The predicted octanol–water partition coefficient (Wildman–Crippen LogP) is 1.26. The zero-order valence-corrected chi connectivity index (χ0v) is 5.07. The number of hydrogen-bond donors (Lipinski definition) is 0. The summed E-state index contributed by atoms with van der Waals surface area (Å²) in [6.45, 7) is 3.36. The van der Waals surface area contributed by atoms with Crippen LogP contribution in [0.25, 0.3) is 0 Å². The number of nitrogens with zero attached hydrogens (tertiary/aromatic N) is 1. The minimum absolute atomic E-state index is 1.18. The lowest BCUT2D eigenvalue weighted by Crippen LogP contribution is -2.13. The Balaban J connectivity index is 2.10. The molecule has 1 rings (SSSR count). The first-order chi connectivity index (χ1) is 3.34. The summed E-state index contributed by atoms with van der Waals surface area (Å²) in [6, 6.07) is 1.63. The molecule has 0 bridgehead atoms. The normalized spacial score (nSPS) is 21.0. The van der Waals surface area contributed by atoms with Crippen LogP contribution in [0.3, 0.4) is 0 Å². The maximum absolute atomic E-state index is 2.32. The predicted molar refractivity (Wildman–Crippen MR) is 30.8 cm³/mol. The molecule has 0 heterocycles. The van der Waals surface area contributed by atoms with Gasteiger partial charge in [-0.3, -0.25) is 4.90 Å². The fraction of sp³-hybridized carbons (Fsp3) is 0.833. The zero-order chi connectivity index (χ0) is 5.28. The van der Waals surface area contributed by atoms with Gasteiger partial charge in [0, 0.05) is 6.04 Å². The maximum Gasteiger partial charge on any atom is 0.0391 e. The molecule has 1 aliphatic rings. The summed E-state index contributed by atoms with van der Waals surface area (Å²) < 4.78 is 0. The van der Waals surface area contributed by atoms with E-state index in [4.69, 9.17) is 0 Å². The molecule has 1 radical (unpaired) electrons. The molecule has 0 aromatic rings. The third-order valence-electron chi connectivity index (χ3n) is 1.49. The van der Waals surface area contributed by atoms with E-state index in [9.17, 15) is 0 Å². The minimum atomic E-state index is 1.18. The lowest BCUT2D eigenvalue weighted by atomic mass is 10.5. The van der Waals surface area contributed by atoms with Crippen LogP contribution in [0.1, 0.15) is 19.8 Å². The van der Waals surface area contributed by atoms with Crippen LogP contribution in [0, 0.1) is 6.04 Å². The van der Waals surface area contributed by atoms with E-state index in [2.05, 4.69) is 18.9 Å². The van der Waals surface area contributed by atoms with Gasteiger partial charge in [-0.25, -0.2) is 0 Å². The van der Waals surface area contributed by atoms with Crippen LogP contribution in [0.4, 0.5) is 0 Å². The molecule has 41 valence electrons. The van der Waals surface area contributed by atoms with E-state index >= 15 is 0 Å². The molecule has 1 aliphatic carbocycles. The molecule has 1 fully saturated rings. The van der Waals surface area contributed by atoms with Crippen LogP contribution in [0.5, 0.6) is 0 Å². The van der Waals surface area contributed by atoms with Crippen molar-refractivity contribution in [3.05, 3.63) is 6.04 Å². The van der Waals surface area contributed by atoms with Crippen molar-refractivity contribution >= 4 is 0 Å². The van der Waals surface area contributed by atoms with Crippen molar-refractivity contribution in [3.63, 3.8) is 0 Å². The van der Waals surface area contributed by atoms with Gasteiger partial charge in [0.15, 0.2) is 0 Å². The van der Waals surface area contributed by atoms with Gasteiger partial charge in [-0.05, 0) is 26.4 Å². The summed E-state index contributed by atoms with van der Waals surface area (Å²) in [6.07, 6.45) is 2.70. The molecule has 0 N–H and O–H groups in total. The third-order valence-corrected chi connectivity index (χ3v) is 1.49. The lowest BCUT2D eigenvalue weighted by Gasteiger charge is -2.09. The molecule has 1 saturated carbocycles. The van der Waals surface area contributed by atoms with Crippen LogP contribution in [0.15, 0.2) is 0 Å². The second-order valence-electron chi connectivity index (χ2n) is 2.08. The lowest BCUT2D eigenvalue weighted by molar-refractivity contribution is 0.416. The highest BCUT2D eigenvalue weighted by Crippen LogP contribution is 2.33. The van der Waals surface area contributed by atoms with E-state index < -0.39 is 0 Å². The summed E-state index contributed by atoms with van der Waals surface area (Å²) in [5.74, 6) is 0. The standard InChI is InChI=1S/C6H12N/c1-3-7(2)6-4-5-6/h3-5H2,1-2H3. The largest absolute Gasteiger partial charge is 0.299 e. The Morgan fingerprint density at radius 3 is 2.29 bits per heavy atom. The van der Waals surface area contributed by atoms with E-state index in [1.807, 2.05) is 0 Å². The minimum Gasteiger partial charge on any atom is -0.299 e. The molecule has 0 saturated heterocycles. The summed E-state index contributed by atoms with van der Waals surface area (Å²) in [7, 11) is 2.16. The van der Waals surface area contributed by atoms with Gasteiger partial charge in [0.2, 0.25) is 0 Å². The van der Waals surface area contributed by atoms with E-state index in [0.717, 1.165) is 0 Å². The summed E-state index contributed by atoms with van der Waals surface area (Å²) in [5.41, 5.74) is 0. The zero-order valence-electron chi connectivity index (χ0n) is 5.07. The molecule has 0 atom stereocenters. The van der Waals surface area contributed by atoms with E-state index in [1.165, 1.54) is 19.4 Å². The average molecular weight is 98.2 g/mol. The Morgan fingerprint density at radius 1 is 1.57 bits per heavy atom. The van der Waals surface area contributed by atoms with E-state index in [0.29, 0.717) is 0 Å². The Labute approximate surface area is 45.3 Å². The van der Waals surface area contributed by atoms with Crippen molar-refractivity contribution < 1.29 is 0 Å². The number of hydrogen-bond acceptors (Lipinski definition) is 1. The highest BCUT2D eigenvalue weighted by Gasteiger charge is 2.25. The molecule has 0 unspecified atom stereocenters. The molecule has 0 aliphatic heterocycles. The van der Waals surface area contributed by atoms with Crippen LogP contribution >= 0.6 is 0 Å². The SMILES string of the molecule is CCN(C)[C]1CC1. The van der Waals surface area contributed by atoms with Gasteiger partial charge in [-0.2, -0.15) is 0 Å². The molecule has 1 heteroatoms. The van der Waals surface area contributed by atoms with Crippen LogP contribution in [-0.2, 0) is 0 Å². The Hall–Kier alpha value is -0.0400. The monoisotopic (exact) mass is 98.1 g/mol. The van der Waals surface area contributed by atoms with Gasteiger partial charge in [0.1, 0.15) is 0 Å². The summed E-state index contributed by atoms with van der Waals surface area (Å²) in [4.78, 5) is 2.32. The van der Waals surface area contributed by atoms with E-state index in [-0.39, 0.29) is 0 Å². The molecule has 1 nitrogen and oxygen atoms in total. The van der Waals surface area contributed by atoms with Gasteiger partial charge in [0.05, 0.1) is 0 Å². The van der Waals surface area contributed by atoms with Crippen molar-refractivity contribution in [1.29, 1.82) is 0 Å². The smallest absolute Gasteiger partial charge is 0.0391 e. The first kappa shape index (κ1) is 5.10. The second-order valence-corrected chi connectivity index (χ2v) is 2.08. The second kappa shape index (κ2) is 1.83. The average Bonchev–Trinajstić information content (AvgIpc) is 2.44. The Kier molecular flexibility index (Phi) is 1.33. The third kappa shape index (κ3) is 1.16. The van der Waals surface area contributed by atoms with Crippen LogP contribution < -0.4 is 0 Å². The molecule has 7 heavy (non-hydrogen) atoms. The van der Waals surface area contributed by atoms with Crippen molar-refractivity contribution in [2.45, 2.75) is 19.8 Å². The Morgan fingerprint density at radius 2 is 2.14 bits per heavy atom. The van der Waals surface area contributed by atoms with Gasteiger partial charge in [0.25, 0.3) is 0 Å². The highest BCUT2D eigenvalue weighted by molar-refractivity contribution is 5.02. The molecular weight excluding hydrogens is 86.1 g/mol. The number of rotatable bonds is 2. The van der Waals surface area contributed by atoms with E-state index in [1.54, 1.807) is 6.04 Å².